The van der Waals surface area contributed by atoms with Crippen molar-refractivity contribution in [3.05, 3.63) is 6.42 Å². The minimum absolute atomic E-state index is 0.268. The molecule has 1 saturated heterocycles. The van der Waals surface area contributed by atoms with E-state index >= 15 is 0 Å². The quantitative estimate of drug-likeness (QED) is 0.575. The zero-order valence-corrected chi connectivity index (χ0v) is 7.17. The Morgan fingerprint density at radius 3 is 2.42 bits per heavy atom. The molecule has 1 N–H and O–H groups in total. The van der Waals surface area contributed by atoms with Crippen LogP contribution in [-0.4, -0.2) is 29.9 Å². The highest BCUT2D eigenvalue weighted by molar-refractivity contribution is 5.93. The average Bonchev–Trinajstić information content (AvgIpc) is 2.05. The van der Waals surface area contributed by atoms with Crippen molar-refractivity contribution in [1.82, 2.24) is 10.2 Å². The smallest absolute Gasteiger partial charge is 0.324 e. The second kappa shape index (κ2) is 4.09. The number of rotatable bonds is 0. The van der Waals surface area contributed by atoms with Gasteiger partial charge in [-0.15, -0.1) is 0 Å². The summed E-state index contributed by atoms with van der Waals surface area (Å²) in [5, 5.41) is 2.25. The Hall–Kier alpha value is -1.06. The highest BCUT2D eigenvalue weighted by atomic mass is 16.2. The van der Waals surface area contributed by atoms with Gasteiger partial charge >= 0.3 is 6.03 Å². The Bertz CT molecular complexity index is 185. The van der Waals surface area contributed by atoms with E-state index in [9.17, 15) is 9.59 Å². The van der Waals surface area contributed by atoms with E-state index in [2.05, 4.69) is 11.7 Å². The highest BCUT2D eigenvalue weighted by Gasteiger charge is 2.16. The van der Waals surface area contributed by atoms with Crippen molar-refractivity contribution in [2.45, 2.75) is 19.8 Å². The number of nitrogens with zero attached hydrogens (tertiary/aromatic N) is 1. The zero-order chi connectivity index (χ0) is 8.97. The number of amides is 3. The van der Waals surface area contributed by atoms with Crippen LogP contribution in [0.25, 0.3) is 0 Å². The maximum atomic E-state index is 11.2. The molecule has 0 bridgehead atoms. The molecule has 4 heteroatoms. The fourth-order valence-corrected chi connectivity index (χ4v) is 1.18. The maximum Gasteiger partial charge on any atom is 0.324 e. The van der Waals surface area contributed by atoms with Gasteiger partial charge < -0.3 is 4.90 Å². The van der Waals surface area contributed by atoms with Crippen LogP contribution in [0.4, 0.5) is 4.79 Å². The highest BCUT2D eigenvalue weighted by Crippen LogP contribution is 2.06. The molecule has 1 aliphatic rings. The van der Waals surface area contributed by atoms with E-state index in [0.29, 0.717) is 0 Å². The molecular weight excluding hydrogens is 156 g/mol. The molecule has 0 aliphatic carbocycles. The van der Waals surface area contributed by atoms with Gasteiger partial charge in [-0.1, -0.05) is 0 Å². The Morgan fingerprint density at radius 1 is 1.33 bits per heavy atom. The molecule has 67 valence electrons. The molecule has 0 atom stereocenters. The summed E-state index contributed by atoms with van der Waals surface area (Å²) in [5.74, 6) is -0.297. The van der Waals surface area contributed by atoms with Crippen molar-refractivity contribution < 1.29 is 9.59 Å². The first-order valence-corrected chi connectivity index (χ1v) is 4.08. The van der Waals surface area contributed by atoms with Gasteiger partial charge in [0.2, 0.25) is 5.91 Å². The molecule has 1 fully saturated rings. The third-order valence-electron chi connectivity index (χ3n) is 1.78. The molecule has 12 heavy (non-hydrogen) atoms. The number of carbonyl (C=O) groups excluding carboxylic acids is 2. The minimum Gasteiger partial charge on any atom is -0.324 e. The zero-order valence-electron chi connectivity index (χ0n) is 7.17. The molecule has 0 aromatic carbocycles. The number of urea groups is 1. The van der Waals surface area contributed by atoms with Crippen LogP contribution in [0.3, 0.4) is 0 Å². The lowest BCUT2D eigenvalue weighted by molar-refractivity contribution is -0.118. The van der Waals surface area contributed by atoms with Crippen molar-refractivity contribution in [1.29, 1.82) is 0 Å². The maximum absolute atomic E-state index is 11.2. The summed E-state index contributed by atoms with van der Waals surface area (Å²) < 4.78 is 0. The molecule has 0 spiro atoms. The van der Waals surface area contributed by atoms with Gasteiger partial charge in [0.1, 0.15) is 0 Å². The van der Waals surface area contributed by atoms with Crippen LogP contribution in [0.1, 0.15) is 19.8 Å². The standard InChI is InChI=1S/C8H13N2O2/c1-7(11)9-8(12)10-5-3-2-4-6-10/h2H,3-6H2,1H3,(H,9,11,12). The molecule has 0 saturated carbocycles. The van der Waals surface area contributed by atoms with E-state index in [0.717, 1.165) is 25.9 Å². The van der Waals surface area contributed by atoms with E-state index in [1.54, 1.807) is 4.90 Å². The molecule has 0 unspecified atom stereocenters. The van der Waals surface area contributed by atoms with Crippen LogP contribution in [0.5, 0.6) is 0 Å². The van der Waals surface area contributed by atoms with Crippen molar-refractivity contribution >= 4 is 11.9 Å². The predicted molar refractivity (Wildman–Crippen MR) is 44.3 cm³/mol. The van der Waals surface area contributed by atoms with Crippen LogP contribution in [-0.2, 0) is 4.79 Å². The monoisotopic (exact) mass is 169 g/mol. The molecule has 0 aromatic rings. The summed E-state index contributed by atoms with van der Waals surface area (Å²) in [5.41, 5.74) is 0. The van der Waals surface area contributed by atoms with E-state index in [1.807, 2.05) is 0 Å². The summed E-state index contributed by atoms with van der Waals surface area (Å²) in [6.07, 6.45) is 3.99. The number of hydrogen-bond acceptors (Lipinski definition) is 2. The summed E-state index contributed by atoms with van der Waals surface area (Å²) in [6, 6.07) is -0.268. The molecule has 3 amide bonds. The number of likely N-dealkylation sites (tertiary alicyclic amines) is 1. The van der Waals surface area contributed by atoms with Crippen LogP contribution in [0.2, 0.25) is 0 Å². The lowest BCUT2D eigenvalue weighted by Crippen LogP contribution is -2.44. The van der Waals surface area contributed by atoms with Crippen LogP contribution >= 0.6 is 0 Å². The SMILES string of the molecule is CC(=O)NC(=O)N1CC[CH]CC1. The third-order valence-corrected chi connectivity index (χ3v) is 1.78. The van der Waals surface area contributed by atoms with E-state index in [-0.39, 0.29) is 11.9 Å². The Balaban J connectivity index is 2.34. The number of hydrogen-bond donors (Lipinski definition) is 1. The molecular formula is C8H13N2O2. The number of piperidine rings is 1. The van der Waals surface area contributed by atoms with Gasteiger partial charge in [0, 0.05) is 20.0 Å². The van der Waals surface area contributed by atoms with Crippen LogP contribution in [0, 0.1) is 6.42 Å². The Kier molecular flexibility index (Phi) is 3.08. The largest absolute Gasteiger partial charge is 0.324 e. The summed E-state index contributed by atoms with van der Waals surface area (Å²) in [7, 11) is 0. The van der Waals surface area contributed by atoms with Gasteiger partial charge in [0.15, 0.2) is 0 Å². The fourth-order valence-electron chi connectivity index (χ4n) is 1.18. The predicted octanol–water partition coefficient (Wildman–Crippen LogP) is 0.543. The van der Waals surface area contributed by atoms with Crippen LogP contribution in [0.15, 0.2) is 0 Å². The van der Waals surface area contributed by atoms with Gasteiger partial charge in [-0.25, -0.2) is 4.79 Å². The van der Waals surface area contributed by atoms with E-state index < -0.39 is 0 Å². The first-order valence-electron chi connectivity index (χ1n) is 4.08. The van der Waals surface area contributed by atoms with Gasteiger partial charge in [-0.05, 0) is 19.3 Å². The molecule has 1 radical (unpaired) electrons. The minimum atomic E-state index is -0.297. The average molecular weight is 169 g/mol. The molecule has 1 aliphatic heterocycles. The molecule has 1 heterocycles. The summed E-state index contributed by atoms with van der Waals surface area (Å²) in [6.45, 7) is 2.78. The van der Waals surface area contributed by atoms with Crippen molar-refractivity contribution in [3.8, 4) is 0 Å². The molecule has 4 nitrogen and oxygen atoms in total. The van der Waals surface area contributed by atoms with Crippen molar-refractivity contribution in [2.24, 2.45) is 0 Å². The van der Waals surface area contributed by atoms with Gasteiger partial charge in [-0.2, -0.15) is 0 Å². The second-order valence-electron chi connectivity index (χ2n) is 2.84. The van der Waals surface area contributed by atoms with E-state index in [1.165, 1.54) is 6.92 Å². The molecule has 0 aromatic heterocycles. The molecule has 1 rings (SSSR count). The first-order chi connectivity index (χ1) is 5.70. The van der Waals surface area contributed by atoms with Crippen molar-refractivity contribution in [3.63, 3.8) is 0 Å². The van der Waals surface area contributed by atoms with Gasteiger partial charge in [0.05, 0.1) is 0 Å². The lowest BCUT2D eigenvalue weighted by atomic mass is 10.1. The number of nitrogens with one attached hydrogen (secondary N) is 1. The summed E-state index contributed by atoms with van der Waals surface area (Å²) in [4.78, 5) is 23.4. The van der Waals surface area contributed by atoms with E-state index in [4.69, 9.17) is 0 Å². The topological polar surface area (TPSA) is 49.4 Å². The summed E-state index contributed by atoms with van der Waals surface area (Å²) >= 11 is 0. The second-order valence-corrected chi connectivity index (χ2v) is 2.84. The van der Waals surface area contributed by atoms with Crippen LogP contribution < -0.4 is 5.32 Å². The lowest BCUT2D eigenvalue weighted by Gasteiger charge is -2.25. The Labute approximate surface area is 71.9 Å². The van der Waals surface area contributed by atoms with Gasteiger partial charge in [0.25, 0.3) is 0 Å². The first kappa shape index (κ1) is 9.03. The number of carbonyl (C=O) groups is 2. The van der Waals surface area contributed by atoms with Gasteiger partial charge in [-0.3, -0.25) is 10.1 Å². The Morgan fingerprint density at radius 2 is 1.92 bits per heavy atom. The fraction of sp³-hybridized carbons (Fsp3) is 0.625. The normalized spacial score (nSPS) is 17.2. The number of imide groups is 1. The van der Waals surface area contributed by atoms with Crippen molar-refractivity contribution in [2.75, 3.05) is 13.1 Å². The third kappa shape index (κ3) is 2.53.